The van der Waals surface area contributed by atoms with Gasteiger partial charge in [-0.3, -0.25) is 4.79 Å². The van der Waals surface area contributed by atoms with Gasteiger partial charge in [0.05, 0.1) is 0 Å². The summed E-state index contributed by atoms with van der Waals surface area (Å²) in [5, 5.41) is 0. The first kappa shape index (κ1) is 14.6. The third-order valence-electron chi connectivity index (χ3n) is 3.92. The van der Waals surface area contributed by atoms with Gasteiger partial charge in [-0.05, 0) is 55.4 Å². The van der Waals surface area contributed by atoms with Crippen molar-refractivity contribution in [3.8, 4) is 0 Å². The lowest BCUT2D eigenvalue weighted by Crippen LogP contribution is -2.32. The summed E-state index contributed by atoms with van der Waals surface area (Å²) in [4.78, 5) is 14.6. The molecule has 19 heavy (non-hydrogen) atoms. The van der Waals surface area contributed by atoms with Gasteiger partial charge in [-0.25, -0.2) is 0 Å². The van der Waals surface area contributed by atoms with Crippen molar-refractivity contribution >= 4 is 21.8 Å². The molecule has 0 aliphatic carbocycles. The SMILES string of the molecule is Cc1cc(Br)cc(C(=O)N2CCCC(C)(C)CC2)c1. The molecule has 0 saturated carbocycles. The number of amides is 1. The Hall–Kier alpha value is -0.830. The third-order valence-corrected chi connectivity index (χ3v) is 4.37. The molecule has 1 aromatic rings. The maximum absolute atomic E-state index is 12.6. The molecule has 1 aromatic carbocycles. The van der Waals surface area contributed by atoms with Crippen LogP contribution in [0, 0.1) is 12.3 Å². The number of benzene rings is 1. The number of hydrogen-bond acceptors (Lipinski definition) is 1. The summed E-state index contributed by atoms with van der Waals surface area (Å²) in [5.41, 5.74) is 2.28. The van der Waals surface area contributed by atoms with Crippen LogP contribution in [0.3, 0.4) is 0 Å². The lowest BCUT2D eigenvalue weighted by atomic mass is 9.85. The minimum atomic E-state index is 0.169. The summed E-state index contributed by atoms with van der Waals surface area (Å²) in [6.45, 7) is 8.37. The Kier molecular flexibility index (Phi) is 4.34. The molecular weight excluding hydrogens is 302 g/mol. The molecular formula is C16H22BrNO. The highest BCUT2D eigenvalue weighted by atomic mass is 79.9. The van der Waals surface area contributed by atoms with E-state index in [4.69, 9.17) is 0 Å². The maximum Gasteiger partial charge on any atom is 0.253 e. The maximum atomic E-state index is 12.6. The number of nitrogens with zero attached hydrogens (tertiary/aromatic N) is 1. The molecule has 3 heteroatoms. The van der Waals surface area contributed by atoms with Crippen LogP contribution < -0.4 is 0 Å². The first-order valence-electron chi connectivity index (χ1n) is 6.94. The number of carbonyl (C=O) groups is 1. The molecule has 1 aliphatic rings. The lowest BCUT2D eigenvalue weighted by Gasteiger charge is -2.23. The van der Waals surface area contributed by atoms with Crippen molar-refractivity contribution in [1.82, 2.24) is 4.90 Å². The van der Waals surface area contributed by atoms with Gasteiger partial charge in [-0.15, -0.1) is 0 Å². The predicted octanol–water partition coefficient (Wildman–Crippen LogP) is 4.41. The van der Waals surface area contributed by atoms with E-state index >= 15 is 0 Å². The van der Waals surface area contributed by atoms with Crippen molar-refractivity contribution in [2.24, 2.45) is 5.41 Å². The fraction of sp³-hybridized carbons (Fsp3) is 0.562. The van der Waals surface area contributed by atoms with Crippen molar-refractivity contribution in [3.63, 3.8) is 0 Å². The average Bonchev–Trinajstić information content (AvgIpc) is 2.48. The second-order valence-electron chi connectivity index (χ2n) is 6.33. The number of carbonyl (C=O) groups excluding carboxylic acids is 1. The lowest BCUT2D eigenvalue weighted by molar-refractivity contribution is 0.0757. The molecule has 1 fully saturated rings. The normalized spacial score (nSPS) is 19.1. The first-order valence-corrected chi connectivity index (χ1v) is 7.73. The minimum Gasteiger partial charge on any atom is -0.339 e. The Labute approximate surface area is 124 Å². The Morgan fingerprint density at radius 3 is 2.63 bits per heavy atom. The van der Waals surface area contributed by atoms with Crippen LogP contribution in [0.4, 0.5) is 0 Å². The predicted molar refractivity (Wildman–Crippen MR) is 82.4 cm³/mol. The van der Waals surface area contributed by atoms with Gasteiger partial charge >= 0.3 is 0 Å². The van der Waals surface area contributed by atoms with E-state index in [9.17, 15) is 4.79 Å². The van der Waals surface area contributed by atoms with Crippen LogP contribution in [0.15, 0.2) is 22.7 Å². The highest BCUT2D eigenvalue weighted by Crippen LogP contribution is 2.30. The van der Waals surface area contributed by atoms with Gasteiger partial charge in [0, 0.05) is 23.1 Å². The molecule has 1 amide bonds. The molecule has 1 aliphatic heterocycles. The van der Waals surface area contributed by atoms with Crippen molar-refractivity contribution in [2.45, 2.75) is 40.0 Å². The summed E-state index contributed by atoms with van der Waals surface area (Å²) in [6, 6.07) is 5.93. The van der Waals surface area contributed by atoms with E-state index in [1.807, 2.05) is 30.0 Å². The Morgan fingerprint density at radius 1 is 1.21 bits per heavy atom. The van der Waals surface area contributed by atoms with Gasteiger partial charge < -0.3 is 4.90 Å². The fourth-order valence-electron chi connectivity index (χ4n) is 2.67. The van der Waals surface area contributed by atoms with E-state index in [1.165, 1.54) is 6.42 Å². The van der Waals surface area contributed by atoms with E-state index < -0.39 is 0 Å². The van der Waals surface area contributed by atoms with Crippen LogP contribution >= 0.6 is 15.9 Å². The van der Waals surface area contributed by atoms with Gasteiger partial charge in [0.1, 0.15) is 0 Å². The summed E-state index contributed by atoms with van der Waals surface area (Å²) >= 11 is 3.47. The number of rotatable bonds is 1. The number of aryl methyl sites for hydroxylation is 1. The molecule has 0 atom stereocenters. The second kappa shape index (κ2) is 5.66. The third kappa shape index (κ3) is 3.82. The van der Waals surface area contributed by atoms with Crippen molar-refractivity contribution in [1.29, 1.82) is 0 Å². The number of hydrogen-bond donors (Lipinski definition) is 0. The fourth-order valence-corrected chi connectivity index (χ4v) is 3.28. The molecule has 0 aromatic heterocycles. The zero-order valence-corrected chi connectivity index (χ0v) is 13.6. The smallest absolute Gasteiger partial charge is 0.253 e. The van der Waals surface area contributed by atoms with Crippen LogP contribution in [-0.2, 0) is 0 Å². The van der Waals surface area contributed by atoms with Gasteiger partial charge in [0.15, 0.2) is 0 Å². The van der Waals surface area contributed by atoms with Crippen LogP contribution in [0.25, 0.3) is 0 Å². The van der Waals surface area contributed by atoms with E-state index in [0.717, 1.165) is 41.5 Å². The zero-order chi connectivity index (χ0) is 14.0. The van der Waals surface area contributed by atoms with Gasteiger partial charge in [-0.2, -0.15) is 0 Å². The van der Waals surface area contributed by atoms with Crippen LogP contribution in [0.1, 0.15) is 49.0 Å². The molecule has 0 N–H and O–H groups in total. The highest BCUT2D eigenvalue weighted by molar-refractivity contribution is 9.10. The van der Waals surface area contributed by atoms with E-state index in [1.54, 1.807) is 0 Å². The van der Waals surface area contributed by atoms with Crippen LogP contribution in [0.5, 0.6) is 0 Å². The quantitative estimate of drug-likeness (QED) is 0.749. The molecule has 0 unspecified atom stereocenters. The molecule has 2 rings (SSSR count). The van der Waals surface area contributed by atoms with Crippen LogP contribution in [-0.4, -0.2) is 23.9 Å². The Morgan fingerprint density at radius 2 is 1.95 bits per heavy atom. The standard InChI is InChI=1S/C16H22BrNO/c1-12-9-13(11-14(17)10-12)15(19)18-7-4-5-16(2,3)6-8-18/h9-11H,4-8H2,1-3H3. The monoisotopic (exact) mass is 323 g/mol. The summed E-state index contributed by atoms with van der Waals surface area (Å²) in [5.74, 6) is 0.169. The highest BCUT2D eigenvalue weighted by Gasteiger charge is 2.26. The molecule has 104 valence electrons. The van der Waals surface area contributed by atoms with Crippen molar-refractivity contribution in [3.05, 3.63) is 33.8 Å². The molecule has 1 saturated heterocycles. The van der Waals surface area contributed by atoms with Gasteiger partial charge in [0.25, 0.3) is 5.91 Å². The molecule has 0 radical (unpaired) electrons. The Bertz CT molecular complexity index is 461. The summed E-state index contributed by atoms with van der Waals surface area (Å²) in [7, 11) is 0. The van der Waals surface area contributed by atoms with E-state index in [-0.39, 0.29) is 5.91 Å². The minimum absolute atomic E-state index is 0.169. The molecule has 2 nitrogen and oxygen atoms in total. The van der Waals surface area contributed by atoms with E-state index in [0.29, 0.717) is 5.41 Å². The first-order chi connectivity index (χ1) is 8.87. The number of likely N-dealkylation sites (tertiary alicyclic amines) is 1. The van der Waals surface area contributed by atoms with Crippen molar-refractivity contribution < 1.29 is 4.79 Å². The average molecular weight is 324 g/mol. The largest absolute Gasteiger partial charge is 0.339 e. The topological polar surface area (TPSA) is 20.3 Å². The second-order valence-corrected chi connectivity index (χ2v) is 7.24. The molecule has 1 heterocycles. The van der Waals surface area contributed by atoms with Crippen molar-refractivity contribution in [2.75, 3.05) is 13.1 Å². The number of halogens is 1. The molecule has 0 bridgehead atoms. The molecule has 0 spiro atoms. The zero-order valence-electron chi connectivity index (χ0n) is 12.0. The Balaban J connectivity index is 2.15. The van der Waals surface area contributed by atoms with Crippen LogP contribution in [0.2, 0.25) is 0 Å². The summed E-state index contributed by atoms with van der Waals surface area (Å²) < 4.78 is 0.978. The van der Waals surface area contributed by atoms with E-state index in [2.05, 4.69) is 29.8 Å². The van der Waals surface area contributed by atoms with Gasteiger partial charge in [-0.1, -0.05) is 29.8 Å². The van der Waals surface area contributed by atoms with Gasteiger partial charge in [0.2, 0.25) is 0 Å². The summed E-state index contributed by atoms with van der Waals surface area (Å²) in [6.07, 6.45) is 3.39.